The van der Waals surface area contributed by atoms with Crippen LogP contribution in [0.5, 0.6) is 0 Å². The number of hydrogen-bond acceptors (Lipinski definition) is 2. The molecule has 0 aliphatic rings. The molecule has 1 aromatic heterocycles. The summed E-state index contributed by atoms with van der Waals surface area (Å²) in [6, 6.07) is 3.55. The predicted molar refractivity (Wildman–Crippen MR) is 48.1 cm³/mol. The Morgan fingerprint density at radius 3 is 2.64 bits per heavy atom. The van der Waals surface area contributed by atoms with Crippen molar-refractivity contribution in [3.8, 4) is 0 Å². The third-order valence-corrected chi connectivity index (χ3v) is 3.55. The molecule has 0 saturated carbocycles. The van der Waals surface area contributed by atoms with Crippen molar-refractivity contribution in [2.75, 3.05) is 5.73 Å². The molecule has 6 heteroatoms. The molecule has 0 fully saturated rings. The van der Waals surface area contributed by atoms with Gasteiger partial charge in [0, 0.05) is 0 Å². The van der Waals surface area contributed by atoms with E-state index in [4.69, 9.17) is 5.73 Å². The van der Waals surface area contributed by atoms with Crippen molar-refractivity contribution in [3.63, 3.8) is 0 Å². The standard InChI is InChI=1S/C8H5F3N2Se/c9-8(10,11)4-1-2-6-5(3-4)13-7(12)14-6/h1-3H,(H2,12,13). The van der Waals surface area contributed by atoms with Gasteiger partial charge in [0.1, 0.15) is 0 Å². The van der Waals surface area contributed by atoms with Gasteiger partial charge in [-0.2, -0.15) is 0 Å². The zero-order valence-electron chi connectivity index (χ0n) is 6.80. The summed E-state index contributed by atoms with van der Waals surface area (Å²) < 4.78 is 38.1. The van der Waals surface area contributed by atoms with Crippen molar-refractivity contribution in [2.45, 2.75) is 6.18 Å². The normalized spacial score (nSPS) is 12.2. The number of rotatable bonds is 0. The number of nitrogens with zero attached hydrogens (tertiary/aromatic N) is 1. The molecule has 14 heavy (non-hydrogen) atoms. The zero-order valence-corrected chi connectivity index (χ0v) is 8.51. The van der Waals surface area contributed by atoms with Crippen molar-refractivity contribution in [3.05, 3.63) is 23.8 Å². The van der Waals surface area contributed by atoms with Crippen LogP contribution in [-0.4, -0.2) is 19.5 Å². The summed E-state index contributed by atoms with van der Waals surface area (Å²) in [5.74, 6) is 0. The molecule has 0 amide bonds. The summed E-state index contributed by atoms with van der Waals surface area (Å²) in [4.78, 5) is 3.85. The molecule has 0 spiro atoms. The van der Waals surface area contributed by atoms with Crippen molar-refractivity contribution in [1.82, 2.24) is 4.98 Å². The third-order valence-electron chi connectivity index (χ3n) is 1.73. The van der Waals surface area contributed by atoms with Crippen LogP contribution in [0, 0.1) is 0 Å². The van der Waals surface area contributed by atoms with Gasteiger partial charge in [0.25, 0.3) is 0 Å². The second-order valence-electron chi connectivity index (χ2n) is 2.73. The number of halogens is 3. The van der Waals surface area contributed by atoms with Gasteiger partial charge in [0.2, 0.25) is 0 Å². The number of fused-ring (bicyclic) bond motifs is 1. The van der Waals surface area contributed by atoms with Crippen LogP contribution >= 0.6 is 0 Å². The average Bonchev–Trinajstić information content (AvgIpc) is 2.41. The third kappa shape index (κ3) is 1.63. The summed E-state index contributed by atoms with van der Waals surface area (Å²) >= 11 is -0.112. The van der Waals surface area contributed by atoms with Gasteiger partial charge in [0.15, 0.2) is 0 Å². The van der Waals surface area contributed by atoms with E-state index < -0.39 is 11.7 Å². The molecule has 0 aliphatic heterocycles. The van der Waals surface area contributed by atoms with Crippen LogP contribution in [0.3, 0.4) is 0 Å². The van der Waals surface area contributed by atoms with E-state index in [1.807, 2.05) is 0 Å². The zero-order chi connectivity index (χ0) is 10.3. The van der Waals surface area contributed by atoms with Gasteiger partial charge in [-0.1, -0.05) is 0 Å². The average molecular weight is 265 g/mol. The number of nitrogen functional groups attached to an aromatic ring is 1. The Morgan fingerprint density at radius 2 is 2.00 bits per heavy atom. The molecule has 74 valence electrons. The molecular formula is C8H5F3N2Se. The fraction of sp³-hybridized carbons (Fsp3) is 0.125. The number of aromatic nitrogens is 1. The van der Waals surface area contributed by atoms with Crippen LogP contribution in [0.25, 0.3) is 9.78 Å². The van der Waals surface area contributed by atoms with Gasteiger partial charge < -0.3 is 0 Å². The van der Waals surface area contributed by atoms with E-state index in [2.05, 4.69) is 4.98 Å². The van der Waals surface area contributed by atoms with Crippen molar-refractivity contribution in [2.24, 2.45) is 0 Å². The topological polar surface area (TPSA) is 38.9 Å². The Hall–Kier alpha value is -1.00. The Balaban J connectivity index is 2.62. The molecule has 0 aliphatic carbocycles. The summed E-state index contributed by atoms with van der Waals surface area (Å²) in [7, 11) is 0. The Morgan fingerprint density at radius 1 is 1.29 bits per heavy atom. The Bertz CT molecular complexity index is 475. The van der Waals surface area contributed by atoms with Gasteiger partial charge in [-0.3, -0.25) is 0 Å². The molecule has 1 heterocycles. The van der Waals surface area contributed by atoms with Gasteiger partial charge >= 0.3 is 82.8 Å². The molecule has 2 aromatic rings. The van der Waals surface area contributed by atoms with E-state index in [0.29, 0.717) is 10.2 Å². The minimum atomic E-state index is -4.31. The quantitative estimate of drug-likeness (QED) is 0.739. The predicted octanol–water partition coefficient (Wildman–Crippen LogP) is 1.89. The molecular weight excluding hydrogens is 260 g/mol. The molecule has 2 rings (SSSR count). The Labute approximate surface area is 83.3 Å². The summed E-state index contributed by atoms with van der Waals surface area (Å²) in [6.07, 6.45) is -4.31. The van der Waals surface area contributed by atoms with Crippen molar-refractivity contribution >= 4 is 29.0 Å². The van der Waals surface area contributed by atoms with E-state index in [-0.39, 0.29) is 14.5 Å². The Kier molecular flexibility index (Phi) is 2.05. The number of alkyl halides is 3. The van der Waals surface area contributed by atoms with Gasteiger partial charge in [-0.15, -0.1) is 0 Å². The molecule has 0 bridgehead atoms. The number of nitrogens with two attached hydrogens (primary N) is 1. The second kappa shape index (κ2) is 3.00. The molecule has 0 atom stereocenters. The molecule has 0 saturated heterocycles. The van der Waals surface area contributed by atoms with Crippen LogP contribution in [0.2, 0.25) is 0 Å². The maximum absolute atomic E-state index is 12.3. The molecule has 0 radical (unpaired) electrons. The van der Waals surface area contributed by atoms with E-state index in [0.717, 1.165) is 16.4 Å². The molecule has 0 unspecified atom stereocenters. The van der Waals surface area contributed by atoms with Crippen LogP contribution < -0.4 is 5.73 Å². The minimum absolute atomic E-state index is 0.112. The van der Waals surface area contributed by atoms with Crippen LogP contribution in [0.15, 0.2) is 18.2 Å². The number of hydrogen-bond donors (Lipinski definition) is 1. The fourth-order valence-electron chi connectivity index (χ4n) is 1.12. The first-order chi connectivity index (χ1) is 6.47. The first-order valence-corrected chi connectivity index (χ1v) is 5.41. The van der Waals surface area contributed by atoms with E-state index >= 15 is 0 Å². The first-order valence-electron chi connectivity index (χ1n) is 3.70. The van der Waals surface area contributed by atoms with Crippen LogP contribution in [0.4, 0.5) is 17.9 Å². The van der Waals surface area contributed by atoms with Crippen molar-refractivity contribution < 1.29 is 13.2 Å². The summed E-state index contributed by atoms with van der Waals surface area (Å²) in [5.41, 5.74) is 5.12. The second-order valence-corrected chi connectivity index (χ2v) is 4.96. The number of benzene rings is 1. The first kappa shape index (κ1) is 9.55. The van der Waals surface area contributed by atoms with Crippen LogP contribution in [0.1, 0.15) is 5.56 Å². The maximum atomic E-state index is 12.3. The fourth-order valence-corrected chi connectivity index (χ4v) is 2.62. The molecule has 2 nitrogen and oxygen atoms in total. The SMILES string of the molecule is Nc1nc2cc(C(F)(F)F)ccc2[se]1. The summed E-state index contributed by atoms with van der Waals surface area (Å²) in [6.45, 7) is 0. The van der Waals surface area contributed by atoms with E-state index in [1.54, 1.807) is 0 Å². The van der Waals surface area contributed by atoms with E-state index in [9.17, 15) is 13.2 Å². The van der Waals surface area contributed by atoms with Crippen molar-refractivity contribution in [1.29, 1.82) is 0 Å². The van der Waals surface area contributed by atoms with Gasteiger partial charge in [-0.05, 0) is 0 Å². The van der Waals surface area contributed by atoms with Crippen LogP contribution in [-0.2, 0) is 6.18 Å². The molecule has 1 aromatic carbocycles. The van der Waals surface area contributed by atoms with E-state index in [1.165, 1.54) is 6.07 Å². The van der Waals surface area contributed by atoms with Gasteiger partial charge in [-0.25, -0.2) is 0 Å². The summed E-state index contributed by atoms with van der Waals surface area (Å²) in [5, 5.41) is 0. The van der Waals surface area contributed by atoms with Gasteiger partial charge in [0.05, 0.1) is 0 Å². The monoisotopic (exact) mass is 266 g/mol. The molecule has 2 N–H and O–H groups in total. The number of anilines is 1.